The molecule has 10 rings (SSSR count). The smallest absolute Gasteiger partial charge is 0.0540 e. The quantitative estimate of drug-likeness (QED) is 0.169. The molecule has 0 amide bonds. The van der Waals surface area contributed by atoms with Crippen LogP contribution in [0.15, 0.2) is 152 Å². The molecule has 0 N–H and O–H groups in total. The molecule has 0 aromatic heterocycles. The molecule has 0 atom stereocenters. The van der Waals surface area contributed by atoms with Gasteiger partial charge in [0.15, 0.2) is 0 Å². The highest BCUT2D eigenvalue weighted by molar-refractivity contribution is 5.93. The Kier molecular flexibility index (Phi) is 8.56. The molecular formula is C58H57N. The van der Waals surface area contributed by atoms with Crippen LogP contribution >= 0.6 is 0 Å². The Morgan fingerprint density at radius 3 is 1.56 bits per heavy atom. The molecule has 0 radical (unpaired) electrons. The minimum Gasteiger partial charge on any atom is -0.310 e. The average Bonchev–Trinajstić information content (AvgIpc) is 3.90. The van der Waals surface area contributed by atoms with Crippen molar-refractivity contribution in [2.24, 2.45) is 0 Å². The van der Waals surface area contributed by atoms with Crippen LogP contribution in [0.1, 0.15) is 114 Å². The SMILES string of the molecule is CC(C)(C)c1cc(-c2cccc(-c3ccccc3N(c3ccc4c(c3)C(C)(C)c3ccccc3-4)c3ccc4c(c3)C3(CCCC3)c3ccccc3-4)c2)cc(C(C)(C)C)c1. The topological polar surface area (TPSA) is 3.24 Å². The van der Waals surface area contributed by atoms with Crippen LogP contribution in [0.3, 0.4) is 0 Å². The number of nitrogens with zero attached hydrogens (tertiary/aromatic N) is 1. The maximum Gasteiger partial charge on any atom is 0.0540 e. The van der Waals surface area contributed by atoms with Crippen LogP contribution in [0.2, 0.25) is 0 Å². The van der Waals surface area contributed by atoms with E-state index in [-0.39, 0.29) is 21.7 Å². The minimum absolute atomic E-state index is 0.0425. The number of fused-ring (bicyclic) bond motifs is 8. The summed E-state index contributed by atoms with van der Waals surface area (Å²) in [7, 11) is 0. The highest BCUT2D eigenvalue weighted by Gasteiger charge is 2.45. The van der Waals surface area contributed by atoms with Crippen LogP contribution < -0.4 is 4.90 Å². The van der Waals surface area contributed by atoms with Crippen molar-refractivity contribution in [1.82, 2.24) is 0 Å². The van der Waals surface area contributed by atoms with Gasteiger partial charge in [-0.2, -0.15) is 0 Å². The third-order valence-corrected chi connectivity index (χ3v) is 14.1. The first kappa shape index (κ1) is 37.6. The summed E-state index contributed by atoms with van der Waals surface area (Å²) >= 11 is 0. The van der Waals surface area contributed by atoms with Crippen molar-refractivity contribution in [3.63, 3.8) is 0 Å². The molecule has 1 saturated carbocycles. The predicted octanol–water partition coefficient (Wildman–Crippen LogP) is 16.2. The van der Waals surface area contributed by atoms with Crippen LogP contribution in [-0.4, -0.2) is 0 Å². The van der Waals surface area contributed by atoms with E-state index in [1.165, 1.54) is 121 Å². The fourth-order valence-corrected chi connectivity index (χ4v) is 10.8. The summed E-state index contributed by atoms with van der Waals surface area (Å²) in [5, 5.41) is 0. The molecule has 3 aliphatic carbocycles. The van der Waals surface area contributed by atoms with Crippen LogP contribution in [-0.2, 0) is 21.7 Å². The van der Waals surface area contributed by atoms with Gasteiger partial charge in [0.1, 0.15) is 0 Å². The lowest BCUT2D eigenvalue weighted by molar-refractivity contribution is 0.550. The Labute approximate surface area is 352 Å². The second kappa shape index (κ2) is 13.4. The third-order valence-electron chi connectivity index (χ3n) is 14.1. The largest absolute Gasteiger partial charge is 0.310 e. The van der Waals surface area contributed by atoms with Crippen molar-refractivity contribution in [2.45, 2.75) is 103 Å². The Balaban J connectivity index is 1.17. The van der Waals surface area contributed by atoms with Gasteiger partial charge in [-0.1, -0.05) is 183 Å². The summed E-state index contributed by atoms with van der Waals surface area (Å²) in [5.41, 5.74) is 22.7. The predicted molar refractivity (Wildman–Crippen MR) is 252 cm³/mol. The van der Waals surface area contributed by atoms with E-state index in [9.17, 15) is 0 Å². The zero-order valence-electron chi connectivity index (χ0n) is 36.2. The van der Waals surface area contributed by atoms with E-state index in [4.69, 9.17) is 0 Å². The molecular weight excluding hydrogens is 711 g/mol. The van der Waals surface area contributed by atoms with Crippen LogP contribution in [0.5, 0.6) is 0 Å². The van der Waals surface area contributed by atoms with Crippen molar-refractivity contribution in [3.8, 4) is 44.5 Å². The molecule has 0 aliphatic heterocycles. The Morgan fingerprint density at radius 2 is 0.915 bits per heavy atom. The summed E-state index contributed by atoms with van der Waals surface area (Å²) in [6.45, 7) is 18.7. The van der Waals surface area contributed by atoms with Gasteiger partial charge in [-0.3, -0.25) is 0 Å². The first-order valence-corrected chi connectivity index (χ1v) is 21.9. The number of anilines is 3. The molecule has 3 aliphatic rings. The van der Waals surface area contributed by atoms with Crippen molar-refractivity contribution in [3.05, 3.63) is 185 Å². The Bertz CT molecular complexity index is 2740. The summed E-state index contributed by atoms with van der Waals surface area (Å²) in [6, 6.07) is 58.4. The average molecular weight is 768 g/mol. The van der Waals surface area contributed by atoms with Crippen molar-refractivity contribution in [2.75, 3.05) is 4.90 Å². The molecule has 294 valence electrons. The normalized spacial score (nSPS) is 15.8. The molecule has 59 heavy (non-hydrogen) atoms. The van der Waals surface area contributed by atoms with Crippen molar-refractivity contribution in [1.29, 1.82) is 0 Å². The van der Waals surface area contributed by atoms with Crippen LogP contribution in [0, 0.1) is 0 Å². The van der Waals surface area contributed by atoms with E-state index in [1.54, 1.807) is 0 Å². The van der Waals surface area contributed by atoms with Crippen LogP contribution in [0.4, 0.5) is 17.1 Å². The lowest BCUT2D eigenvalue weighted by Gasteiger charge is -2.32. The fourth-order valence-electron chi connectivity index (χ4n) is 10.8. The summed E-state index contributed by atoms with van der Waals surface area (Å²) in [4.78, 5) is 2.56. The number of benzene rings is 7. The van der Waals surface area contributed by atoms with Gasteiger partial charge in [0, 0.05) is 27.8 Å². The fraction of sp³-hybridized carbons (Fsp3) is 0.276. The Hall–Kier alpha value is -5.66. The number of hydrogen-bond donors (Lipinski definition) is 0. The molecule has 1 spiro atoms. The van der Waals surface area contributed by atoms with Gasteiger partial charge in [-0.25, -0.2) is 0 Å². The molecule has 1 fully saturated rings. The van der Waals surface area contributed by atoms with E-state index in [1.807, 2.05) is 0 Å². The van der Waals surface area contributed by atoms with Gasteiger partial charge in [-0.05, 0) is 132 Å². The highest BCUT2D eigenvalue weighted by Crippen LogP contribution is 2.58. The molecule has 0 unspecified atom stereocenters. The summed E-state index contributed by atoms with van der Waals surface area (Å²) < 4.78 is 0. The summed E-state index contributed by atoms with van der Waals surface area (Å²) in [6.07, 6.45) is 4.97. The second-order valence-electron chi connectivity index (χ2n) is 20.2. The third kappa shape index (κ3) is 6.03. The first-order chi connectivity index (χ1) is 28.2. The van der Waals surface area contributed by atoms with Gasteiger partial charge in [0.2, 0.25) is 0 Å². The molecule has 1 heteroatoms. The van der Waals surface area contributed by atoms with Gasteiger partial charge in [0.05, 0.1) is 5.69 Å². The minimum atomic E-state index is -0.109. The second-order valence-corrected chi connectivity index (χ2v) is 20.2. The zero-order valence-corrected chi connectivity index (χ0v) is 36.2. The number of hydrogen-bond acceptors (Lipinski definition) is 1. The van der Waals surface area contributed by atoms with Crippen LogP contribution in [0.25, 0.3) is 44.5 Å². The Morgan fingerprint density at radius 1 is 0.407 bits per heavy atom. The molecule has 0 saturated heterocycles. The molecule has 0 bridgehead atoms. The monoisotopic (exact) mass is 767 g/mol. The molecule has 0 heterocycles. The first-order valence-electron chi connectivity index (χ1n) is 21.9. The molecule has 7 aromatic rings. The van der Waals surface area contributed by atoms with Crippen molar-refractivity contribution >= 4 is 17.1 Å². The number of rotatable bonds is 5. The molecule has 7 aromatic carbocycles. The van der Waals surface area contributed by atoms with E-state index >= 15 is 0 Å². The maximum atomic E-state index is 2.56. The number of para-hydroxylation sites is 1. The molecule has 1 nitrogen and oxygen atoms in total. The van der Waals surface area contributed by atoms with E-state index in [2.05, 4.69) is 212 Å². The zero-order chi connectivity index (χ0) is 40.9. The maximum absolute atomic E-state index is 2.56. The lowest BCUT2D eigenvalue weighted by Crippen LogP contribution is -2.21. The van der Waals surface area contributed by atoms with E-state index < -0.39 is 0 Å². The van der Waals surface area contributed by atoms with Gasteiger partial charge in [0.25, 0.3) is 0 Å². The van der Waals surface area contributed by atoms with Gasteiger partial charge < -0.3 is 4.90 Å². The summed E-state index contributed by atoms with van der Waals surface area (Å²) in [5.74, 6) is 0. The standard InChI is InChI=1S/C58H57N/c1-55(2,3)41-33-40(34-42(35-41)56(4,5)6)38-18-17-19-39(32-38)45-20-11-14-25-54(45)59(43-26-28-48-46-21-9-12-23-50(46)57(7,8)52(48)36-43)44-27-29-49-47-22-10-13-24-51(47)58(53(49)37-44)30-15-16-31-58/h9-14,17-29,32-37H,15-16,30-31H2,1-8H3. The highest BCUT2D eigenvalue weighted by atomic mass is 15.1. The lowest BCUT2D eigenvalue weighted by atomic mass is 9.76. The van der Waals surface area contributed by atoms with Gasteiger partial charge >= 0.3 is 0 Å². The van der Waals surface area contributed by atoms with Gasteiger partial charge in [-0.15, -0.1) is 0 Å². The van der Waals surface area contributed by atoms with E-state index in [0.717, 1.165) is 0 Å². The van der Waals surface area contributed by atoms with E-state index in [0.29, 0.717) is 0 Å². The van der Waals surface area contributed by atoms with Crippen molar-refractivity contribution < 1.29 is 0 Å².